The lowest BCUT2D eigenvalue weighted by molar-refractivity contribution is -0.384. The van der Waals surface area contributed by atoms with Crippen LogP contribution < -0.4 is 10.2 Å². The van der Waals surface area contributed by atoms with Crippen molar-refractivity contribution in [3.8, 4) is 0 Å². The van der Waals surface area contributed by atoms with Crippen LogP contribution in [0.25, 0.3) is 0 Å². The third-order valence-electron chi connectivity index (χ3n) is 4.47. The Kier molecular flexibility index (Phi) is 7.26. The second-order valence-corrected chi connectivity index (χ2v) is 7.29. The fourth-order valence-electron chi connectivity index (χ4n) is 2.96. The van der Waals surface area contributed by atoms with Crippen LogP contribution in [0, 0.1) is 10.1 Å². The fraction of sp³-hybridized carbons (Fsp3) is 0.300. The highest BCUT2D eigenvalue weighted by Gasteiger charge is 2.23. The van der Waals surface area contributed by atoms with E-state index in [1.54, 1.807) is 23.9 Å². The number of nitrogens with one attached hydrogen (secondary N) is 1. The first-order chi connectivity index (χ1) is 14.5. The third kappa shape index (κ3) is 5.49. The normalized spacial score (nSPS) is 13.6. The molecule has 9 nitrogen and oxygen atoms in total. The molecule has 10 heteroatoms. The summed E-state index contributed by atoms with van der Waals surface area (Å²) in [6.07, 6.45) is 1.95. The van der Waals surface area contributed by atoms with E-state index < -0.39 is 23.4 Å². The van der Waals surface area contributed by atoms with Crippen LogP contribution in [0.1, 0.15) is 10.4 Å². The van der Waals surface area contributed by atoms with E-state index in [0.29, 0.717) is 37.7 Å². The van der Waals surface area contributed by atoms with Gasteiger partial charge in [0.1, 0.15) is 0 Å². The first kappa shape index (κ1) is 21.6. The first-order valence-corrected chi connectivity index (χ1v) is 10.4. The van der Waals surface area contributed by atoms with Crippen molar-refractivity contribution in [2.75, 3.05) is 49.4 Å². The topological polar surface area (TPSA) is 111 Å². The number of nitro benzene ring substituents is 1. The van der Waals surface area contributed by atoms with Gasteiger partial charge in [-0.15, -0.1) is 11.8 Å². The molecule has 1 heterocycles. The van der Waals surface area contributed by atoms with Crippen molar-refractivity contribution in [1.29, 1.82) is 0 Å². The number of nitrogens with zero attached hydrogens (tertiary/aromatic N) is 2. The summed E-state index contributed by atoms with van der Waals surface area (Å²) in [5.74, 6) is -1.30. The van der Waals surface area contributed by atoms with Crippen LogP contribution in [-0.2, 0) is 14.3 Å². The van der Waals surface area contributed by atoms with Crippen LogP contribution in [0.4, 0.5) is 17.1 Å². The number of anilines is 2. The highest BCUT2D eigenvalue weighted by molar-refractivity contribution is 7.98. The number of hydrogen-bond acceptors (Lipinski definition) is 8. The summed E-state index contributed by atoms with van der Waals surface area (Å²) in [6.45, 7) is 1.57. The van der Waals surface area contributed by atoms with Crippen molar-refractivity contribution < 1.29 is 24.0 Å². The maximum atomic E-state index is 12.6. The van der Waals surface area contributed by atoms with Gasteiger partial charge in [-0.2, -0.15) is 0 Å². The number of ether oxygens (including phenoxy) is 2. The van der Waals surface area contributed by atoms with Gasteiger partial charge < -0.3 is 19.7 Å². The van der Waals surface area contributed by atoms with E-state index in [-0.39, 0.29) is 11.3 Å². The molecular formula is C20H21N3O6S. The number of carbonyl (C=O) groups excluding carboxylic acids is 2. The molecule has 0 bridgehead atoms. The molecule has 1 fully saturated rings. The fourth-order valence-corrected chi connectivity index (χ4v) is 3.37. The molecule has 0 aromatic heterocycles. The molecule has 158 valence electrons. The Morgan fingerprint density at radius 3 is 2.53 bits per heavy atom. The lowest BCUT2D eigenvalue weighted by Gasteiger charge is -2.30. The van der Waals surface area contributed by atoms with Crippen LogP contribution in [0.3, 0.4) is 0 Å². The molecular weight excluding hydrogens is 410 g/mol. The van der Waals surface area contributed by atoms with Crippen molar-refractivity contribution in [2.24, 2.45) is 0 Å². The highest BCUT2D eigenvalue weighted by atomic mass is 32.2. The molecule has 0 unspecified atom stereocenters. The Bertz CT molecular complexity index is 929. The van der Waals surface area contributed by atoms with Gasteiger partial charge in [0.05, 0.1) is 29.4 Å². The number of hydrogen-bond donors (Lipinski definition) is 1. The van der Waals surface area contributed by atoms with E-state index in [1.165, 1.54) is 18.2 Å². The molecule has 0 saturated carbocycles. The van der Waals surface area contributed by atoms with Gasteiger partial charge >= 0.3 is 5.97 Å². The average molecular weight is 431 g/mol. The monoisotopic (exact) mass is 431 g/mol. The van der Waals surface area contributed by atoms with Gasteiger partial charge in [-0.05, 0) is 36.6 Å². The van der Waals surface area contributed by atoms with Crippen molar-refractivity contribution in [1.82, 2.24) is 0 Å². The number of thioether (sulfide) groups is 1. The molecule has 0 spiro atoms. The van der Waals surface area contributed by atoms with Crippen molar-refractivity contribution >= 4 is 40.7 Å². The lowest BCUT2D eigenvalue weighted by atomic mass is 10.1. The SMILES string of the molecule is CSc1ccc(NC(=O)COC(=O)c2cc([N+](=O)[O-])ccc2N2CCOCC2)cc1. The summed E-state index contributed by atoms with van der Waals surface area (Å²) in [4.78, 5) is 38.3. The van der Waals surface area contributed by atoms with Crippen LogP contribution >= 0.6 is 11.8 Å². The van der Waals surface area contributed by atoms with Gasteiger partial charge in [-0.1, -0.05) is 0 Å². The Labute approximate surface area is 177 Å². The zero-order chi connectivity index (χ0) is 21.5. The third-order valence-corrected chi connectivity index (χ3v) is 5.21. The van der Waals surface area contributed by atoms with Gasteiger partial charge in [-0.25, -0.2) is 4.79 Å². The number of rotatable bonds is 7. The van der Waals surface area contributed by atoms with Crippen molar-refractivity contribution in [3.63, 3.8) is 0 Å². The summed E-state index contributed by atoms with van der Waals surface area (Å²) in [5.41, 5.74) is 0.917. The van der Waals surface area contributed by atoms with E-state index in [0.717, 1.165) is 4.90 Å². The summed E-state index contributed by atoms with van der Waals surface area (Å²) in [6, 6.07) is 11.3. The Morgan fingerprint density at radius 1 is 1.20 bits per heavy atom. The maximum absolute atomic E-state index is 12.6. The van der Waals surface area contributed by atoms with Crippen LogP contribution in [-0.4, -0.2) is 56.0 Å². The second-order valence-electron chi connectivity index (χ2n) is 6.41. The Hall–Kier alpha value is -3.11. The number of nitro groups is 1. The summed E-state index contributed by atoms with van der Waals surface area (Å²) in [7, 11) is 0. The minimum atomic E-state index is -0.798. The highest BCUT2D eigenvalue weighted by Crippen LogP contribution is 2.27. The molecule has 1 amide bonds. The van der Waals surface area contributed by atoms with Gasteiger partial charge in [0, 0.05) is 35.8 Å². The molecule has 30 heavy (non-hydrogen) atoms. The second kappa shape index (κ2) is 10.1. The van der Waals surface area contributed by atoms with Crippen LogP contribution in [0.5, 0.6) is 0 Å². The number of esters is 1. The zero-order valence-electron chi connectivity index (χ0n) is 16.3. The summed E-state index contributed by atoms with van der Waals surface area (Å²) < 4.78 is 10.5. The molecule has 1 N–H and O–H groups in total. The average Bonchev–Trinajstić information content (AvgIpc) is 2.78. The first-order valence-electron chi connectivity index (χ1n) is 9.20. The van der Waals surface area contributed by atoms with Crippen molar-refractivity contribution in [2.45, 2.75) is 4.90 Å². The van der Waals surface area contributed by atoms with Crippen LogP contribution in [0.2, 0.25) is 0 Å². The number of non-ortho nitro benzene ring substituents is 1. The molecule has 0 aliphatic carbocycles. The van der Waals surface area contributed by atoms with Gasteiger partial charge in [0.25, 0.3) is 11.6 Å². The summed E-state index contributed by atoms with van der Waals surface area (Å²) >= 11 is 1.58. The molecule has 1 aliphatic rings. The quantitative estimate of drug-likeness (QED) is 0.308. The zero-order valence-corrected chi connectivity index (χ0v) is 17.1. The molecule has 0 radical (unpaired) electrons. The number of amides is 1. The Balaban J connectivity index is 1.68. The smallest absolute Gasteiger partial charge is 0.341 e. The van der Waals surface area contributed by atoms with E-state index in [1.807, 2.05) is 23.3 Å². The number of morpholine rings is 1. The van der Waals surface area contributed by atoms with Crippen molar-refractivity contribution in [3.05, 3.63) is 58.1 Å². The van der Waals surface area contributed by atoms with E-state index in [4.69, 9.17) is 9.47 Å². The molecule has 0 atom stereocenters. The molecule has 1 aliphatic heterocycles. The van der Waals surface area contributed by atoms with E-state index >= 15 is 0 Å². The molecule has 2 aromatic carbocycles. The Morgan fingerprint density at radius 2 is 1.90 bits per heavy atom. The molecule has 2 aromatic rings. The summed E-state index contributed by atoms with van der Waals surface area (Å²) in [5, 5.41) is 13.8. The minimum Gasteiger partial charge on any atom is -0.452 e. The minimum absolute atomic E-state index is 0.0447. The molecule has 1 saturated heterocycles. The lowest BCUT2D eigenvalue weighted by Crippen LogP contribution is -2.37. The standard InChI is InChI=1S/C20H21N3O6S/c1-30-16-5-2-14(3-6-16)21-19(24)13-29-20(25)17-12-15(23(26)27)4-7-18(17)22-8-10-28-11-9-22/h2-7,12H,8-11,13H2,1H3,(H,21,24). The number of carbonyl (C=O) groups is 2. The predicted molar refractivity (Wildman–Crippen MR) is 113 cm³/mol. The largest absolute Gasteiger partial charge is 0.452 e. The predicted octanol–water partition coefficient (Wildman–Crippen LogP) is 2.95. The van der Waals surface area contributed by atoms with Gasteiger partial charge in [-0.3, -0.25) is 14.9 Å². The molecule has 3 rings (SSSR count). The van der Waals surface area contributed by atoms with E-state index in [2.05, 4.69) is 5.32 Å². The van der Waals surface area contributed by atoms with E-state index in [9.17, 15) is 19.7 Å². The maximum Gasteiger partial charge on any atom is 0.341 e. The number of benzene rings is 2. The van der Waals surface area contributed by atoms with Crippen LogP contribution in [0.15, 0.2) is 47.4 Å². The van der Waals surface area contributed by atoms with Gasteiger partial charge in [0.2, 0.25) is 0 Å². The van der Waals surface area contributed by atoms with Gasteiger partial charge in [0.15, 0.2) is 6.61 Å².